The molecule has 0 spiro atoms. The van der Waals surface area contributed by atoms with Crippen molar-refractivity contribution >= 4 is 5.82 Å². The molecule has 1 aromatic carbocycles. The van der Waals surface area contributed by atoms with E-state index in [1.54, 1.807) is 30.5 Å². The number of phenols is 1. The number of hydrogen-bond acceptors (Lipinski definition) is 4. The van der Waals surface area contributed by atoms with Crippen molar-refractivity contribution in [3.63, 3.8) is 0 Å². The van der Waals surface area contributed by atoms with Crippen LogP contribution < -0.4 is 5.73 Å². The number of anilines is 1. The number of hydrogen-bond donors (Lipinski definition) is 2. The lowest BCUT2D eigenvalue weighted by Gasteiger charge is -2.03. The van der Waals surface area contributed by atoms with Gasteiger partial charge in [0.2, 0.25) is 0 Å². The van der Waals surface area contributed by atoms with Gasteiger partial charge < -0.3 is 10.8 Å². The Kier molecular flexibility index (Phi) is 2.25. The zero-order chi connectivity index (χ0) is 10.8. The molecule has 1 heterocycles. The van der Waals surface area contributed by atoms with Crippen LogP contribution >= 0.6 is 0 Å². The van der Waals surface area contributed by atoms with Gasteiger partial charge in [-0.05, 0) is 31.2 Å². The third kappa shape index (κ3) is 1.88. The predicted octanol–water partition coefficient (Wildman–Crippen LogP) is 1.74. The topological polar surface area (TPSA) is 72.0 Å². The average Bonchev–Trinajstić information content (AvgIpc) is 2.23. The van der Waals surface area contributed by atoms with Crippen LogP contribution in [0.4, 0.5) is 5.82 Å². The molecule has 0 amide bonds. The van der Waals surface area contributed by atoms with Gasteiger partial charge in [-0.1, -0.05) is 0 Å². The molecule has 0 saturated carbocycles. The molecule has 4 nitrogen and oxygen atoms in total. The van der Waals surface area contributed by atoms with Crippen molar-refractivity contribution in [2.45, 2.75) is 6.92 Å². The Balaban J connectivity index is 2.45. The van der Waals surface area contributed by atoms with Gasteiger partial charge in [0.05, 0.1) is 17.6 Å². The lowest BCUT2D eigenvalue weighted by Crippen LogP contribution is -1.97. The summed E-state index contributed by atoms with van der Waals surface area (Å²) >= 11 is 0. The Morgan fingerprint density at radius 3 is 2.47 bits per heavy atom. The van der Waals surface area contributed by atoms with E-state index in [1.165, 1.54) is 0 Å². The molecule has 0 saturated heterocycles. The predicted molar refractivity (Wildman–Crippen MR) is 58.3 cm³/mol. The molecule has 0 unspecified atom stereocenters. The third-order valence-corrected chi connectivity index (χ3v) is 2.15. The number of aromatic hydroxyl groups is 1. The molecule has 2 aromatic rings. The van der Waals surface area contributed by atoms with Gasteiger partial charge in [0.1, 0.15) is 11.6 Å². The average molecular weight is 201 g/mol. The Labute approximate surface area is 87.4 Å². The Morgan fingerprint density at radius 1 is 1.20 bits per heavy atom. The minimum atomic E-state index is 0.235. The van der Waals surface area contributed by atoms with Crippen molar-refractivity contribution in [1.82, 2.24) is 9.97 Å². The minimum absolute atomic E-state index is 0.235. The summed E-state index contributed by atoms with van der Waals surface area (Å²) in [6, 6.07) is 6.80. The summed E-state index contributed by atoms with van der Waals surface area (Å²) in [4.78, 5) is 8.33. The molecule has 15 heavy (non-hydrogen) atoms. The van der Waals surface area contributed by atoms with Gasteiger partial charge in [-0.2, -0.15) is 0 Å². The molecule has 1 aromatic heterocycles. The van der Waals surface area contributed by atoms with Gasteiger partial charge in [-0.25, -0.2) is 9.97 Å². The molecule has 3 N–H and O–H groups in total. The zero-order valence-corrected chi connectivity index (χ0v) is 8.31. The van der Waals surface area contributed by atoms with E-state index in [4.69, 9.17) is 10.8 Å². The molecule has 0 aliphatic heterocycles. The highest BCUT2D eigenvalue weighted by Gasteiger charge is 2.02. The van der Waals surface area contributed by atoms with Gasteiger partial charge in [0.15, 0.2) is 0 Å². The molecular weight excluding hydrogens is 190 g/mol. The Morgan fingerprint density at radius 2 is 1.87 bits per heavy atom. The standard InChI is InChI=1S/C11H11N3O/c1-7-11(12)13-6-10(14-7)8-2-4-9(15)5-3-8/h2-6,15H,1H3,(H2,12,13). The maximum Gasteiger partial charge on any atom is 0.144 e. The molecule has 4 heteroatoms. The van der Waals surface area contributed by atoms with Gasteiger partial charge in [-0.15, -0.1) is 0 Å². The van der Waals surface area contributed by atoms with E-state index in [1.807, 2.05) is 6.92 Å². The van der Waals surface area contributed by atoms with Crippen molar-refractivity contribution in [3.8, 4) is 17.0 Å². The smallest absolute Gasteiger partial charge is 0.144 e. The summed E-state index contributed by atoms with van der Waals surface area (Å²) in [6.07, 6.45) is 1.62. The Bertz CT molecular complexity index is 480. The van der Waals surface area contributed by atoms with Crippen molar-refractivity contribution < 1.29 is 5.11 Å². The first kappa shape index (κ1) is 9.45. The van der Waals surface area contributed by atoms with Crippen LogP contribution in [0.3, 0.4) is 0 Å². The van der Waals surface area contributed by atoms with Crippen LogP contribution in [0.15, 0.2) is 30.5 Å². The summed E-state index contributed by atoms with van der Waals surface area (Å²) in [5.41, 5.74) is 7.94. The number of phenolic OH excluding ortho intramolecular Hbond substituents is 1. The number of rotatable bonds is 1. The molecule has 0 atom stereocenters. The first-order valence-electron chi connectivity index (χ1n) is 4.55. The highest BCUT2D eigenvalue weighted by atomic mass is 16.3. The van der Waals surface area contributed by atoms with E-state index < -0.39 is 0 Å². The number of aromatic nitrogens is 2. The van der Waals surface area contributed by atoms with Gasteiger partial charge in [0.25, 0.3) is 0 Å². The molecule has 0 aliphatic rings. The summed E-state index contributed by atoms with van der Waals surface area (Å²) in [7, 11) is 0. The SMILES string of the molecule is Cc1nc(-c2ccc(O)cc2)cnc1N. The van der Waals surface area contributed by atoms with Crippen molar-refractivity contribution in [2.24, 2.45) is 0 Å². The van der Waals surface area contributed by atoms with Crippen LogP contribution in [0.5, 0.6) is 5.75 Å². The lowest BCUT2D eigenvalue weighted by molar-refractivity contribution is 0.475. The highest BCUT2D eigenvalue weighted by Crippen LogP contribution is 2.20. The van der Waals surface area contributed by atoms with E-state index in [-0.39, 0.29) is 5.75 Å². The molecule has 0 radical (unpaired) electrons. The quantitative estimate of drug-likeness (QED) is 0.737. The molecule has 76 valence electrons. The van der Waals surface area contributed by atoms with E-state index >= 15 is 0 Å². The van der Waals surface area contributed by atoms with Gasteiger partial charge >= 0.3 is 0 Å². The van der Waals surface area contributed by atoms with E-state index in [2.05, 4.69) is 9.97 Å². The van der Waals surface area contributed by atoms with Gasteiger partial charge in [0, 0.05) is 5.56 Å². The number of nitrogen functional groups attached to an aromatic ring is 1. The fourth-order valence-corrected chi connectivity index (χ4v) is 1.26. The Hall–Kier alpha value is -2.10. The first-order valence-corrected chi connectivity index (χ1v) is 4.55. The number of nitrogens with zero attached hydrogens (tertiary/aromatic N) is 2. The molecule has 2 rings (SSSR count). The van der Waals surface area contributed by atoms with Crippen molar-refractivity contribution in [2.75, 3.05) is 5.73 Å². The lowest BCUT2D eigenvalue weighted by atomic mass is 10.1. The summed E-state index contributed by atoms with van der Waals surface area (Å²) in [5.74, 6) is 0.677. The fraction of sp³-hybridized carbons (Fsp3) is 0.0909. The third-order valence-electron chi connectivity index (χ3n) is 2.15. The second-order valence-corrected chi connectivity index (χ2v) is 3.27. The number of nitrogens with two attached hydrogens (primary N) is 1. The van der Waals surface area contributed by atoms with Crippen LogP contribution in [0.2, 0.25) is 0 Å². The number of benzene rings is 1. The van der Waals surface area contributed by atoms with Crippen LogP contribution in [0, 0.1) is 6.92 Å². The monoisotopic (exact) mass is 201 g/mol. The number of aryl methyl sites for hydroxylation is 1. The second kappa shape index (κ2) is 3.57. The van der Waals surface area contributed by atoms with E-state index in [0.29, 0.717) is 11.5 Å². The molecule has 0 aliphatic carbocycles. The van der Waals surface area contributed by atoms with Crippen molar-refractivity contribution in [1.29, 1.82) is 0 Å². The second-order valence-electron chi connectivity index (χ2n) is 3.27. The summed E-state index contributed by atoms with van der Waals surface area (Å²) in [6.45, 7) is 1.81. The molecule has 0 fully saturated rings. The fourth-order valence-electron chi connectivity index (χ4n) is 1.26. The normalized spacial score (nSPS) is 10.2. The van der Waals surface area contributed by atoms with E-state index in [0.717, 1.165) is 11.3 Å². The highest BCUT2D eigenvalue weighted by molar-refractivity contribution is 5.60. The minimum Gasteiger partial charge on any atom is -0.508 e. The summed E-state index contributed by atoms with van der Waals surface area (Å²) in [5, 5.41) is 9.15. The van der Waals surface area contributed by atoms with Gasteiger partial charge in [-0.3, -0.25) is 0 Å². The van der Waals surface area contributed by atoms with Crippen LogP contribution in [0.1, 0.15) is 5.69 Å². The molecular formula is C11H11N3O. The first-order chi connectivity index (χ1) is 7.16. The maximum absolute atomic E-state index is 9.15. The van der Waals surface area contributed by atoms with Crippen molar-refractivity contribution in [3.05, 3.63) is 36.2 Å². The van der Waals surface area contributed by atoms with Crippen LogP contribution in [-0.4, -0.2) is 15.1 Å². The molecule has 0 bridgehead atoms. The maximum atomic E-state index is 9.15. The van der Waals surface area contributed by atoms with Crippen LogP contribution in [0.25, 0.3) is 11.3 Å². The zero-order valence-electron chi connectivity index (χ0n) is 8.31. The largest absolute Gasteiger partial charge is 0.508 e. The van der Waals surface area contributed by atoms with Crippen LogP contribution in [-0.2, 0) is 0 Å². The summed E-state index contributed by atoms with van der Waals surface area (Å²) < 4.78 is 0. The van der Waals surface area contributed by atoms with E-state index in [9.17, 15) is 0 Å².